The van der Waals surface area contributed by atoms with E-state index in [1.807, 2.05) is 23.0 Å². The summed E-state index contributed by atoms with van der Waals surface area (Å²) in [6, 6.07) is 0. The highest BCUT2D eigenvalue weighted by molar-refractivity contribution is 14.1. The number of hydrogen-bond donors (Lipinski definition) is 1. The Morgan fingerprint density at radius 2 is 2.00 bits per heavy atom. The maximum Gasteiger partial charge on any atom is 0.122 e. The molecule has 0 spiro atoms. The van der Waals surface area contributed by atoms with E-state index in [1.54, 1.807) is 0 Å². The van der Waals surface area contributed by atoms with Gasteiger partial charge in [-0.1, -0.05) is 0 Å². The average Bonchev–Trinajstić information content (AvgIpc) is 2.53. The molecule has 0 aliphatic carbocycles. The van der Waals surface area contributed by atoms with E-state index in [-0.39, 0.29) is 18.3 Å². The van der Waals surface area contributed by atoms with Crippen molar-refractivity contribution < 1.29 is 17.6 Å². The molecule has 2 fully saturated rings. The lowest BCUT2D eigenvalue weighted by molar-refractivity contribution is 0.0138. The third-order valence-corrected chi connectivity index (χ3v) is 2.75. The van der Waals surface area contributed by atoms with Gasteiger partial charge < -0.3 is 17.6 Å². The van der Waals surface area contributed by atoms with Crippen LogP contribution in [0.1, 0.15) is 0 Å². The van der Waals surface area contributed by atoms with E-state index >= 15 is 0 Å². The Hall–Kier alpha value is 0.570. The second-order valence-corrected chi connectivity index (χ2v) is 3.30. The number of ether oxygens (including phenoxy) is 2. The number of rotatable bonds is 1. The SMILES string of the molecule is O[C@@H]1COC2C1OC[C@@H]2OI. The zero-order chi connectivity index (χ0) is 7.84. The van der Waals surface area contributed by atoms with Crippen molar-refractivity contribution in [2.45, 2.75) is 24.4 Å². The monoisotopic (exact) mass is 272 g/mol. The smallest absolute Gasteiger partial charge is 0.122 e. The molecular weight excluding hydrogens is 263 g/mol. The van der Waals surface area contributed by atoms with Gasteiger partial charge in [0.05, 0.1) is 13.2 Å². The van der Waals surface area contributed by atoms with Crippen LogP contribution in [0.2, 0.25) is 0 Å². The Labute approximate surface area is 78.5 Å². The van der Waals surface area contributed by atoms with Gasteiger partial charge in [-0.2, -0.15) is 0 Å². The number of fused-ring (bicyclic) bond motifs is 1. The highest BCUT2D eigenvalue weighted by Crippen LogP contribution is 2.29. The van der Waals surface area contributed by atoms with Crippen LogP contribution in [-0.4, -0.2) is 42.7 Å². The van der Waals surface area contributed by atoms with Crippen molar-refractivity contribution in [3.63, 3.8) is 0 Å². The number of halogens is 1. The van der Waals surface area contributed by atoms with Crippen molar-refractivity contribution in [1.29, 1.82) is 0 Å². The summed E-state index contributed by atoms with van der Waals surface area (Å²) < 4.78 is 15.7. The number of aliphatic hydroxyl groups is 1. The van der Waals surface area contributed by atoms with Crippen molar-refractivity contribution in [1.82, 2.24) is 0 Å². The number of hydrogen-bond acceptors (Lipinski definition) is 4. The molecule has 0 aromatic rings. The van der Waals surface area contributed by atoms with Crippen LogP contribution in [0.4, 0.5) is 0 Å². The lowest BCUT2D eigenvalue weighted by atomic mass is 10.1. The molecule has 64 valence electrons. The minimum atomic E-state index is -0.475. The van der Waals surface area contributed by atoms with E-state index in [2.05, 4.69) is 0 Å². The summed E-state index contributed by atoms with van der Waals surface area (Å²) in [4.78, 5) is 0. The Bertz CT molecular complexity index is 154. The van der Waals surface area contributed by atoms with E-state index in [0.717, 1.165) is 0 Å². The van der Waals surface area contributed by atoms with Crippen LogP contribution in [0.5, 0.6) is 0 Å². The summed E-state index contributed by atoms with van der Waals surface area (Å²) in [5, 5.41) is 9.30. The van der Waals surface area contributed by atoms with Crippen LogP contribution >= 0.6 is 23.0 Å². The fourth-order valence-corrected chi connectivity index (χ4v) is 1.96. The van der Waals surface area contributed by atoms with Crippen molar-refractivity contribution >= 4 is 23.0 Å². The molecular formula is C6H9IO4. The van der Waals surface area contributed by atoms with Gasteiger partial charge in [0, 0.05) is 0 Å². The molecule has 5 heteroatoms. The molecule has 0 amide bonds. The minimum absolute atomic E-state index is 0.0160. The van der Waals surface area contributed by atoms with E-state index < -0.39 is 6.10 Å². The topological polar surface area (TPSA) is 47.9 Å². The molecule has 2 unspecified atom stereocenters. The predicted molar refractivity (Wildman–Crippen MR) is 44.4 cm³/mol. The van der Waals surface area contributed by atoms with Crippen molar-refractivity contribution in [3.05, 3.63) is 0 Å². The lowest BCUT2D eigenvalue weighted by Crippen LogP contribution is -2.31. The highest BCUT2D eigenvalue weighted by atomic mass is 127. The van der Waals surface area contributed by atoms with Gasteiger partial charge in [0.15, 0.2) is 0 Å². The summed E-state index contributed by atoms with van der Waals surface area (Å²) >= 11 is 1.83. The third-order valence-electron chi connectivity index (χ3n) is 2.10. The number of aliphatic hydroxyl groups excluding tert-OH is 1. The first-order valence-corrected chi connectivity index (χ1v) is 4.39. The summed E-state index contributed by atoms with van der Waals surface area (Å²) in [5.41, 5.74) is 0. The van der Waals surface area contributed by atoms with Gasteiger partial charge in [-0.3, -0.25) is 0 Å². The predicted octanol–water partition coefficient (Wildman–Crippen LogP) is -0.120. The molecule has 4 atom stereocenters. The van der Waals surface area contributed by atoms with Crippen molar-refractivity contribution in [2.24, 2.45) is 0 Å². The molecule has 0 bridgehead atoms. The molecule has 4 nitrogen and oxygen atoms in total. The second kappa shape index (κ2) is 3.14. The molecule has 2 aliphatic heterocycles. The fraction of sp³-hybridized carbons (Fsp3) is 1.00. The Kier molecular flexibility index (Phi) is 2.33. The Morgan fingerprint density at radius 3 is 2.73 bits per heavy atom. The Morgan fingerprint density at radius 1 is 1.27 bits per heavy atom. The molecule has 2 heterocycles. The summed E-state index contributed by atoms with van der Waals surface area (Å²) in [6.07, 6.45) is -0.731. The van der Waals surface area contributed by atoms with Gasteiger partial charge in [0.25, 0.3) is 0 Å². The van der Waals surface area contributed by atoms with Crippen LogP contribution in [-0.2, 0) is 12.5 Å². The van der Waals surface area contributed by atoms with E-state index in [4.69, 9.17) is 12.5 Å². The van der Waals surface area contributed by atoms with Gasteiger partial charge in [0.2, 0.25) is 0 Å². The first-order chi connectivity index (χ1) is 5.33. The molecule has 2 aliphatic rings. The molecule has 0 aromatic carbocycles. The Balaban J connectivity index is 2.04. The minimum Gasteiger partial charge on any atom is -0.388 e. The summed E-state index contributed by atoms with van der Waals surface area (Å²) in [5.74, 6) is 0. The highest BCUT2D eigenvalue weighted by Gasteiger charge is 2.47. The molecule has 11 heavy (non-hydrogen) atoms. The molecule has 0 aromatic heterocycles. The standard InChI is InChI=1S/C6H9IO4/c7-11-4-2-10-5-3(8)1-9-6(4)5/h3-6,8H,1-2H2/t3-,4+,5?,6?/m1/s1. The normalized spacial score (nSPS) is 49.6. The first-order valence-electron chi connectivity index (χ1n) is 3.51. The van der Waals surface area contributed by atoms with Crippen LogP contribution in [0.15, 0.2) is 0 Å². The van der Waals surface area contributed by atoms with Crippen molar-refractivity contribution in [2.75, 3.05) is 13.2 Å². The molecule has 2 rings (SSSR count). The maximum atomic E-state index is 9.30. The summed E-state index contributed by atoms with van der Waals surface area (Å²) in [7, 11) is 0. The molecule has 0 saturated carbocycles. The quantitative estimate of drug-likeness (QED) is 0.676. The average molecular weight is 272 g/mol. The van der Waals surface area contributed by atoms with Crippen LogP contribution in [0.3, 0.4) is 0 Å². The van der Waals surface area contributed by atoms with Gasteiger partial charge >= 0.3 is 0 Å². The summed E-state index contributed by atoms with van der Waals surface area (Å²) in [6.45, 7) is 0.890. The van der Waals surface area contributed by atoms with Crippen molar-refractivity contribution in [3.8, 4) is 0 Å². The van der Waals surface area contributed by atoms with Gasteiger partial charge in [-0.05, 0) is 0 Å². The molecule has 0 radical (unpaired) electrons. The maximum absolute atomic E-state index is 9.30. The zero-order valence-corrected chi connectivity index (χ0v) is 7.93. The van der Waals surface area contributed by atoms with Gasteiger partial charge in [-0.15, -0.1) is 0 Å². The van der Waals surface area contributed by atoms with E-state index in [0.29, 0.717) is 13.2 Å². The van der Waals surface area contributed by atoms with Gasteiger partial charge in [0.1, 0.15) is 47.4 Å². The molecule has 2 saturated heterocycles. The third kappa shape index (κ3) is 1.29. The lowest BCUT2D eigenvalue weighted by Gasteiger charge is -2.11. The zero-order valence-electron chi connectivity index (χ0n) is 5.77. The van der Waals surface area contributed by atoms with Crippen LogP contribution in [0, 0.1) is 0 Å². The van der Waals surface area contributed by atoms with Crippen LogP contribution in [0.25, 0.3) is 0 Å². The first kappa shape index (κ1) is 8.18. The largest absolute Gasteiger partial charge is 0.388 e. The van der Waals surface area contributed by atoms with Crippen LogP contribution < -0.4 is 0 Å². The molecule has 1 N–H and O–H groups in total. The van der Waals surface area contributed by atoms with E-state index in [1.165, 1.54) is 0 Å². The van der Waals surface area contributed by atoms with Gasteiger partial charge in [-0.25, -0.2) is 0 Å². The second-order valence-electron chi connectivity index (χ2n) is 2.79. The van der Waals surface area contributed by atoms with E-state index in [9.17, 15) is 5.11 Å². The fourth-order valence-electron chi connectivity index (χ4n) is 1.52.